The molecule has 3 aliphatic heterocycles. The summed E-state index contributed by atoms with van der Waals surface area (Å²) in [7, 11) is 0. The van der Waals surface area contributed by atoms with Gasteiger partial charge in [0.15, 0.2) is 6.10 Å². The van der Waals surface area contributed by atoms with Crippen LogP contribution in [0.2, 0.25) is 0 Å². The number of aliphatic hydroxyl groups excluding tert-OH is 2. The van der Waals surface area contributed by atoms with Gasteiger partial charge in [-0.3, -0.25) is 9.59 Å². The van der Waals surface area contributed by atoms with Crippen LogP contribution in [-0.4, -0.2) is 57.4 Å². The maximum Gasteiger partial charge on any atom is 0.339 e. The topological polar surface area (TPSA) is 136 Å². The van der Waals surface area contributed by atoms with Gasteiger partial charge in [0.25, 0.3) is 0 Å². The van der Waals surface area contributed by atoms with Crippen LogP contribution in [0.1, 0.15) is 58.6 Å². The highest BCUT2D eigenvalue weighted by atomic mass is 16.7. The number of ether oxygens (including phenoxy) is 3. The van der Waals surface area contributed by atoms with Crippen LogP contribution >= 0.6 is 0 Å². The zero-order valence-corrected chi connectivity index (χ0v) is 19.6. The minimum Gasteiger partial charge on any atom is -0.472 e. The van der Waals surface area contributed by atoms with Crippen molar-refractivity contribution < 1.29 is 43.2 Å². The molecule has 0 unspecified atom stereocenters. The lowest BCUT2D eigenvalue weighted by molar-refractivity contribution is -0.231. The van der Waals surface area contributed by atoms with Crippen LogP contribution < -0.4 is 0 Å². The number of carbonyl (C=O) groups is 3. The van der Waals surface area contributed by atoms with Crippen LogP contribution in [0.25, 0.3) is 0 Å². The molecule has 2 aliphatic carbocycles. The molecule has 10 atom stereocenters. The number of rotatable bonds is 1. The molecule has 9 nitrogen and oxygen atoms in total. The molecule has 34 heavy (non-hydrogen) atoms. The van der Waals surface area contributed by atoms with Crippen LogP contribution in [0.15, 0.2) is 23.0 Å². The second kappa shape index (κ2) is 6.50. The van der Waals surface area contributed by atoms with Crippen molar-refractivity contribution in [3.05, 3.63) is 24.2 Å². The van der Waals surface area contributed by atoms with Gasteiger partial charge in [0.05, 0.1) is 42.5 Å². The number of epoxide rings is 1. The zero-order chi connectivity index (χ0) is 24.4. The highest BCUT2D eigenvalue weighted by molar-refractivity contribution is 5.93. The lowest BCUT2D eigenvalue weighted by Gasteiger charge is -2.64. The molecular formula is C25H30O9. The summed E-state index contributed by atoms with van der Waals surface area (Å²) in [4.78, 5) is 39.5. The molecule has 2 N–H and O–H groups in total. The molecule has 3 saturated heterocycles. The summed E-state index contributed by atoms with van der Waals surface area (Å²) >= 11 is 0. The van der Waals surface area contributed by atoms with Crippen molar-refractivity contribution in [2.75, 3.05) is 0 Å². The van der Waals surface area contributed by atoms with Crippen molar-refractivity contribution in [1.82, 2.24) is 0 Å². The number of esters is 2. The third-order valence-electron chi connectivity index (χ3n) is 9.96. The first-order valence-corrected chi connectivity index (χ1v) is 11.9. The van der Waals surface area contributed by atoms with Crippen molar-refractivity contribution in [1.29, 1.82) is 0 Å². The number of hydrogen-bond donors (Lipinski definition) is 2. The molecule has 5 aliphatic rings. The first-order valence-electron chi connectivity index (χ1n) is 11.9. The molecule has 6 rings (SSSR count). The Morgan fingerprint density at radius 3 is 2.44 bits per heavy atom. The van der Waals surface area contributed by atoms with Crippen LogP contribution in [0.5, 0.6) is 0 Å². The molecule has 1 aromatic rings. The lowest BCUT2D eigenvalue weighted by Crippen LogP contribution is -2.72. The van der Waals surface area contributed by atoms with E-state index in [0.29, 0.717) is 5.56 Å². The fraction of sp³-hybridized carbons (Fsp3) is 0.720. The molecule has 9 heteroatoms. The number of aliphatic hydroxyl groups is 2. The van der Waals surface area contributed by atoms with Crippen molar-refractivity contribution in [2.45, 2.75) is 82.6 Å². The number of ketones is 1. The van der Waals surface area contributed by atoms with Gasteiger partial charge in [-0.2, -0.15) is 0 Å². The summed E-state index contributed by atoms with van der Waals surface area (Å²) in [6.45, 7) is 7.23. The number of fused-ring (bicyclic) bond motifs is 3. The Labute approximate surface area is 196 Å². The summed E-state index contributed by atoms with van der Waals surface area (Å²) in [5.74, 6) is -2.90. The van der Waals surface area contributed by atoms with Gasteiger partial charge in [-0.1, -0.05) is 6.92 Å². The van der Waals surface area contributed by atoms with Crippen molar-refractivity contribution in [2.24, 2.45) is 28.6 Å². The number of hydrogen-bond acceptors (Lipinski definition) is 9. The number of Topliss-reactive ketones (excluding diaryl/α,β-unsaturated/α-hetero) is 1. The third kappa shape index (κ3) is 2.38. The Morgan fingerprint density at radius 1 is 1.03 bits per heavy atom. The summed E-state index contributed by atoms with van der Waals surface area (Å²) in [6, 6.07) is 1.68. The average Bonchev–Trinajstić information content (AvgIpc) is 3.29. The molecule has 1 spiro atoms. The fourth-order valence-corrected chi connectivity index (χ4v) is 8.35. The van der Waals surface area contributed by atoms with E-state index in [4.69, 9.17) is 18.6 Å². The van der Waals surface area contributed by atoms with Gasteiger partial charge in [-0.15, -0.1) is 0 Å². The molecule has 0 bridgehead atoms. The predicted octanol–water partition coefficient (Wildman–Crippen LogP) is 1.70. The maximum absolute atomic E-state index is 14.1. The van der Waals surface area contributed by atoms with E-state index < -0.39 is 76.1 Å². The largest absolute Gasteiger partial charge is 0.472 e. The Hall–Kier alpha value is -2.23. The van der Waals surface area contributed by atoms with Gasteiger partial charge >= 0.3 is 11.9 Å². The first kappa shape index (κ1) is 22.2. The summed E-state index contributed by atoms with van der Waals surface area (Å²) < 4.78 is 22.7. The van der Waals surface area contributed by atoms with E-state index in [0.717, 1.165) is 0 Å². The van der Waals surface area contributed by atoms with Gasteiger partial charge < -0.3 is 28.8 Å². The molecule has 1 aromatic heterocycles. The summed E-state index contributed by atoms with van der Waals surface area (Å²) in [5, 5.41) is 22.9. The molecule has 4 heterocycles. The highest BCUT2D eigenvalue weighted by Gasteiger charge is 2.86. The van der Waals surface area contributed by atoms with Gasteiger partial charge in [-0.25, -0.2) is 4.79 Å². The normalized spacial score (nSPS) is 51.1. The second-order valence-corrected chi connectivity index (χ2v) is 11.6. The fourth-order valence-electron chi connectivity index (χ4n) is 8.35. The van der Waals surface area contributed by atoms with Crippen molar-refractivity contribution in [3.8, 4) is 0 Å². The quantitative estimate of drug-likeness (QED) is 0.460. The SMILES string of the molecule is CC1(C)OC(=O)C[C@@H](O)[C@]2(C)[C@H]3C[C@H](O)[C@@H]4[C@H](c5ccoc5)OC(=O)[C@H]5O[C@@]45[C@]3(C)C(=O)C[C@@H]12. The van der Waals surface area contributed by atoms with Crippen molar-refractivity contribution >= 4 is 17.7 Å². The van der Waals surface area contributed by atoms with E-state index in [1.807, 2.05) is 6.92 Å². The summed E-state index contributed by atoms with van der Waals surface area (Å²) in [6.07, 6.45) is -0.871. The number of furan rings is 1. The van der Waals surface area contributed by atoms with E-state index in [2.05, 4.69) is 0 Å². The Morgan fingerprint density at radius 2 is 1.76 bits per heavy atom. The predicted molar refractivity (Wildman–Crippen MR) is 113 cm³/mol. The summed E-state index contributed by atoms with van der Waals surface area (Å²) in [5.41, 5.74) is -3.79. The van der Waals surface area contributed by atoms with Crippen LogP contribution in [0.3, 0.4) is 0 Å². The molecule has 0 aromatic carbocycles. The smallest absolute Gasteiger partial charge is 0.339 e. The highest BCUT2D eigenvalue weighted by Crippen LogP contribution is 2.74. The monoisotopic (exact) mass is 474 g/mol. The Kier molecular flexibility index (Phi) is 4.25. The standard InChI is InChI=1S/C25H30O9/c1-22(2)13-8-16(28)24(4)14(23(13,3)15(27)9-17(29)33-22)7-12(26)18-19(11-5-6-31-10-11)32-21(30)20-25(18,24)34-20/h5-6,10,12-15,18-20,26-27H,7-9H2,1-4H3/t12-,13-,14+,15+,18+,19-,20+,23-,24-,25-/m0/s1. The Bertz CT molecular complexity index is 1080. The first-order chi connectivity index (χ1) is 15.9. The second-order valence-electron chi connectivity index (χ2n) is 11.6. The minimum absolute atomic E-state index is 0.0624. The number of cyclic esters (lactones) is 2. The van der Waals surface area contributed by atoms with Crippen LogP contribution in [0, 0.1) is 28.6 Å². The van der Waals surface area contributed by atoms with E-state index in [9.17, 15) is 24.6 Å². The third-order valence-corrected chi connectivity index (χ3v) is 9.96. The van der Waals surface area contributed by atoms with Gasteiger partial charge in [0, 0.05) is 23.3 Å². The van der Waals surface area contributed by atoms with E-state index in [-0.39, 0.29) is 25.0 Å². The Balaban J connectivity index is 1.53. The molecule has 2 saturated carbocycles. The van der Waals surface area contributed by atoms with Gasteiger partial charge in [0.2, 0.25) is 0 Å². The van der Waals surface area contributed by atoms with Crippen LogP contribution in [0.4, 0.5) is 0 Å². The zero-order valence-electron chi connectivity index (χ0n) is 19.6. The molecule has 0 amide bonds. The average molecular weight is 475 g/mol. The van der Waals surface area contributed by atoms with E-state index in [1.165, 1.54) is 12.5 Å². The maximum atomic E-state index is 14.1. The van der Waals surface area contributed by atoms with Crippen molar-refractivity contribution in [3.63, 3.8) is 0 Å². The minimum atomic E-state index is -1.27. The number of carbonyl (C=O) groups excluding carboxylic acids is 3. The van der Waals surface area contributed by atoms with E-state index >= 15 is 0 Å². The molecule has 184 valence electrons. The van der Waals surface area contributed by atoms with E-state index in [1.54, 1.807) is 26.8 Å². The lowest BCUT2D eigenvalue weighted by atomic mass is 9.39. The van der Waals surface area contributed by atoms with Gasteiger partial charge in [0.1, 0.15) is 23.1 Å². The molecule has 0 radical (unpaired) electrons. The molecule has 5 fully saturated rings. The molecular weight excluding hydrogens is 444 g/mol. The van der Waals surface area contributed by atoms with Crippen LogP contribution in [-0.2, 0) is 28.6 Å². The van der Waals surface area contributed by atoms with Gasteiger partial charge in [-0.05, 0) is 39.2 Å².